The average molecular weight is 286 g/mol. The first-order chi connectivity index (χ1) is 9.65. The number of primary amides is 1. The Hall–Kier alpha value is -2.40. The molecule has 0 aliphatic rings. The van der Waals surface area contributed by atoms with E-state index in [1.165, 1.54) is 12.1 Å². The van der Waals surface area contributed by atoms with Crippen molar-refractivity contribution in [1.29, 1.82) is 0 Å². The molecule has 0 atom stereocenters. The van der Waals surface area contributed by atoms with E-state index in [0.29, 0.717) is 11.3 Å². The van der Waals surface area contributed by atoms with E-state index in [2.05, 4.69) is 4.98 Å². The molecule has 3 rings (SSSR count). The smallest absolute Gasteiger partial charge is 0.265 e. The second-order valence-electron chi connectivity index (χ2n) is 4.32. The van der Waals surface area contributed by atoms with Gasteiger partial charge < -0.3 is 10.7 Å². The van der Waals surface area contributed by atoms with E-state index in [1.807, 2.05) is 23.6 Å². The number of hydrogen-bond donors (Lipinski definition) is 2. The fourth-order valence-electron chi connectivity index (χ4n) is 2.07. The SMILES string of the molecule is NC(=O)c1[nH]c(-c2cccs2)cc1-c1ccc(F)cc1. The number of rotatable bonds is 3. The number of carbonyl (C=O) groups excluding carboxylic acids is 1. The van der Waals surface area contributed by atoms with Gasteiger partial charge in [0.05, 0.1) is 10.6 Å². The van der Waals surface area contributed by atoms with Crippen molar-refractivity contribution in [3.8, 4) is 21.7 Å². The first-order valence-electron chi connectivity index (χ1n) is 5.98. The van der Waals surface area contributed by atoms with Crippen molar-refractivity contribution in [2.24, 2.45) is 5.73 Å². The minimum atomic E-state index is -0.535. The third-order valence-corrected chi connectivity index (χ3v) is 3.91. The zero-order chi connectivity index (χ0) is 14.1. The van der Waals surface area contributed by atoms with Gasteiger partial charge >= 0.3 is 0 Å². The van der Waals surface area contributed by atoms with Crippen LogP contribution in [0.2, 0.25) is 0 Å². The van der Waals surface area contributed by atoms with Gasteiger partial charge in [0.25, 0.3) is 5.91 Å². The van der Waals surface area contributed by atoms with Gasteiger partial charge in [-0.05, 0) is 35.2 Å². The number of benzene rings is 1. The first-order valence-corrected chi connectivity index (χ1v) is 6.86. The minimum Gasteiger partial charge on any atom is -0.364 e. The molecule has 3 aromatic rings. The van der Waals surface area contributed by atoms with Crippen LogP contribution in [0, 0.1) is 5.82 Å². The molecule has 0 unspecified atom stereocenters. The van der Waals surface area contributed by atoms with Gasteiger partial charge in [-0.3, -0.25) is 4.79 Å². The number of aromatic amines is 1. The maximum atomic E-state index is 13.0. The van der Waals surface area contributed by atoms with Gasteiger partial charge in [-0.15, -0.1) is 11.3 Å². The summed E-state index contributed by atoms with van der Waals surface area (Å²) in [5, 5.41) is 1.96. The predicted octanol–water partition coefficient (Wildman–Crippen LogP) is 3.65. The molecule has 0 saturated carbocycles. The number of nitrogens with two attached hydrogens (primary N) is 1. The topological polar surface area (TPSA) is 58.9 Å². The van der Waals surface area contributed by atoms with Crippen LogP contribution in [0.15, 0.2) is 47.8 Å². The molecule has 0 aliphatic carbocycles. The van der Waals surface area contributed by atoms with E-state index >= 15 is 0 Å². The Labute approximate surface area is 118 Å². The Bertz CT molecular complexity index is 745. The maximum Gasteiger partial charge on any atom is 0.265 e. The van der Waals surface area contributed by atoms with E-state index in [0.717, 1.165) is 16.1 Å². The van der Waals surface area contributed by atoms with E-state index in [9.17, 15) is 9.18 Å². The molecular formula is C15H11FN2OS. The van der Waals surface area contributed by atoms with Crippen LogP contribution in [0.5, 0.6) is 0 Å². The normalized spacial score (nSPS) is 10.7. The number of aromatic nitrogens is 1. The fourth-order valence-corrected chi connectivity index (χ4v) is 2.77. The zero-order valence-corrected chi connectivity index (χ0v) is 11.2. The van der Waals surface area contributed by atoms with Gasteiger partial charge in [0, 0.05) is 5.56 Å². The number of thiophene rings is 1. The fraction of sp³-hybridized carbons (Fsp3) is 0. The molecule has 2 aromatic heterocycles. The summed E-state index contributed by atoms with van der Waals surface area (Å²) in [6, 6.07) is 11.7. The number of hydrogen-bond acceptors (Lipinski definition) is 2. The molecule has 0 radical (unpaired) electrons. The Morgan fingerprint density at radius 2 is 1.95 bits per heavy atom. The van der Waals surface area contributed by atoms with Crippen molar-refractivity contribution in [2.45, 2.75) is 0 Å². The van der Waals surface area contributed by atoms with Crippen LogP contribution in [-0.2, 0) is 0 Å². The van der Waals surface area contributed by atoms with Crippen molar-refractivity contribution >= 4 is 17.2 Å². The second kappa shape index (κ2) is 4.94. The monoisotopic (exact) mass is 286 g/mol. The summed E-state index contributed by atoms with van der Waals surface area (Å²) in [4.78, 5) is 15.6. The molecule has 0 fully saturated rings. The summed E-state index contributed by atoms with van der Waals surface area (Å²) < 4.78 is 13.0. The highest BCUT2D eigenvalue weighted by molar-refractivity contribution is 7.13. The van der Waals surface area contributed by atoms with Gasteiger partial charge in [0.2, 0.25) is 0 Å². The first kappa shape index (κ1) is 12.6. The lowest BCUT2D eigenvalue weighted by molar-refractivity contribution is 0.0997. The summed E-state index contributed by atoms with van der Waals surface area (Å²) in [6.07, 6.45) is 0. The Morgan fingerprint density at radius 3 is 2.55 bits per heavy atom. The van der Waals surface area contributed by atoms with Gasteiger partial charge in [-0.25, -0.2) is 4.39 Å². The van der Waals surface area contributed by atoms with Crippen LogP contribution >= 0.6 is 11.3 Å². The summed E-state index contributed by atoms with van der Waals surface area (Å²) >= 11 is 1.56. The lowest BCUT2D eigenvalue weighted by Gasteiger charge is -2.00. The van der Waals surface area contributed by atoms with Crippen molar-refractivity contribution in [3.05, 3.63) is 59.4 Å². The lowest BCUT2D eigenvalue weighted by Crippen LogP contribution is -2.12. The molecule has 0 aliphatic heterocycles. The molecular weight excluding hydrogens is 275 g/mol. The van der Waals surface area contributed by atoms with Crippen molar-refractivity contribution < 1.29 is 9.18 Å². The second-order valence-corrected chi connectivity index (χ2v) is 5.27. The van der Waals surface area contributed by atoms with E-state index in [4.69, 9.17) is 5.73 Å². The van der Waals surface area contributed by atoms with Crippen molar-refractivity contribution in [1.82, 2.24) is 4.98 Å². The van der Waals surface area contributed by atoms with Crippen LogP contribution < -0.4 is 5.73 Å². The number of nitrogens with one attached hydrogen (secondary N) is 1. The number of carbonyl (C=O) groups is 1. The zero-order valence-electron chi connectivity index (χ0n) is 10.4. The highest BCUT2D eigenvalue weighted by Gasteiger charge is 2.15. The van der Waals surface area contributed by atoms with E-state index in [-0.39, 0.29) is 5.82 Å². The maximum absolute atomic E-state index is 13.0. The molecule has 3 nitrogen and oxygen atoms in total. The molecule has 2 heterocycles. The standard InChI is InChI=1S/C15H11FN2OS/c16-10-5-3-9(4-6-10)11-8-12(13-2-1-7-20-13)18-14(11)15(17)19/h1-8,18H,(H2,17,19). The third kappa shape index (κ3) is 2.23. The number of H-pyrrole nitrogens is 1. The Balaban J connectivity index is 2.14. The molecule has 1 amide bonds. The quantitative estimate of drug-likeness (QED) is 0.758. The highest BCUT2D eigenvalue weighted by Crippen LogP contribution is 2.31. The summed E-state index contributed by atoms with van der Waals surface area (Å²) in [5.74, 6) is -0.851. The summed E-state index contributed by atoms with van der Waals surface area (Å²) in [6.45, 7) is 0. The molecule has 0 saturated heterocycles. The minimum absolute atomic E-state index is 0.316. The molecule has 100 valence electrons. The third-order valence-electron chi connectivity index (χ3n) is 3.01. The molecule has 3 N–H and O–H groups in total. The molecule has 5 heteroatoms. The van der Waals surface area contributed by atoms with Gasteiger partial charge in [0.1, 0.15) is 11.5 Å². The molecule has 1 aromatic carbocycles. The van der Waals surface area contributed by atoms with Crippen LogP contribution in [0.4, 0.5) is 4.39 Å². The van der Waals surface area contributed by atoms with Crippen LogP contribution in [0.1, 0.15) is 10.5 Å². The highest BCUT2D eigenvalue weighted by atomic mass is 32.1. The van der Waals surface area contributed by atoms with Crippen molar-refractivity contribution in [3.63, 3.8) is 0 Å². The Kier molecular flexibility index (Phi) is 3.12. The lowest BCUT2D eigenvalue weighted by atomic mass is 10.1. The summed E-state index contributed by atoms with van der Waals surface area (Å²) in [5.41, 5.74) is 8.00. The van der Waals surface area contributed by atoms with Crippen LogP contribution in [0.3, 0.4) is 0 Å². The molecule has 20 heavy (non-hydrogen) atoms. The number of halogens is 1. The Morgan fingerprint density at radius 1 is 1.20 bits per heavy atom. The van der Waals surface area contributed by atoms with E-state index < -0.39 is 5.91 Å². The van der Waals surface area contributed by atoms with Gasteiger partial charge in [0.15, 0.2) is 0 Å². The summed E-state index contributed by atoms with van der Waals surface area (Å²) in [7, 11) is 0. The van der Waals surface area contributed by atoms with Crippen molar-refractivity contribution in [2.75, 3.05) is 0 Å². The largest absolute Gasteiger partial charge is 0.364 e. The van der Waals surface area contributed by atoms with Gasteiger partial charge in [-0.1, -0.05) is 18.2 Å². The molecule has 0 bridgehead atoms. The average Bonchev–Trinajstić information content (AvgIpc) is 3.08. The molecule has 0 spiro atoms. The number of amides is 1. The van der Waals surface area contributed by atoms with Gasteiger partial charge in [-0.2, -0.15) is 0 Å². The van der Waals surface area contributed by atoms with Crippen LogP contribution in [-0.4, -0.2) is 10.9 Å². The van der Waals surface area contributed by atoms with Crippen LogP contribution in [0.25, 0.3) is 21.7 Å². The predicted molar refractivity (Wildman–Crippen MR) is 78.0 cm³/mol. The van der Waals surface area contributed by atoms with E-state index in [1.54, 1.807) is 23.5 Å².